The van der Waals surface area contributed by atoms with Crippen LogP contribution in [0.4, 0.5) is 0 Å². The van der Waals surface area contributed by atoms with E-state index in [0.29, 0.717) is 0 Å². The van der Waals surface area contributed by atoms with Gasteiger partial charge < -0.3 is 40.2 Å². The van der Waals surface area contributed by atoms with Crippen molar-refractivity contribution in [1.82, 2.24) is 21.3 Å². The summed E-state index contributed by atoms with van der Waals surface area (Å²) in [5.41, 5.74) is -4.24. The fourth-order valence-electron chi connectivity index (χ4n) is 4.31. The Labute approximate surface area is 314 Å². The van der Waals surface area contributed by atoms with E-state index < -0.39 is 75.3 Å². The second kappa shape index (κ2) is 21.5. The Bertz CT molecular complexity index is 1090. The minimum atomic E-state index is -1.27. The highest BCUT2D eigenvalue weighted by molar-refractivity contribution is 5.84. The average Bonchev–Trinajstić information content (AvgIpc) is 2.96. The van der Waals surface area contributed by atoms with Gasteiger partial charge >= 0.3 is 23.9 Å². The number of esters is 4. The summed E-state index contributed by atoms with van der Waals surface area (Å²) in [6.07, 6.45) is -1.73. The molecule has 4 amide bonds. The number of carbonyl (C=O) groups excluding carboxylic acids is 8. The lowest BCUT2D eigenvalue weighted by Gasteiger charge is -2.35. The highest BCUT2D eigenvalue weighted by Gasteiger charge is 2.34. The first kappa shape index (κ1) is 48.8. The number of nitrogens with one attached hydrogen (secondary N) is 4. The van der Waals surface area contributed by atoms with E-state index in [2.05, 4.69) is 21.3 Å². The molecule has 4 N–H and O–H groups in total. The molecule has 0 unspecified atom stereocenters. The van der Waals surface area contributed by atoms with Crippen LogP contribution in [0.5, 0.6) is 0 Å². The zero-order chi connectivity index (χ0) is 41.3. The number of amides is 4. The maximum atomic E-state index is 12.9. The minimum absolute atomic E-state index is 0.203. The van der Waals surface area contributed by atoms with Crippen molar-refractivity contribution in [1.29, 1.82) is 0 Å². The molecule has 0 aliphatic rings. The molecule has 16 nitrogen and oxygen atoms in total. The van der Waals surface area contributed by atoms with Gasteiger partial charge in [0.15, 0.2) is 0 Å². The van der Waals surface area contributed by atoms with Crippen molar-refractivity contribution in [3.63, 3.8) is 0 Å². The molecule has 0 heterocycles. The first-order chi connectivity index (χ1) is 24.0. The number of hydrogen-bond acceptors (Lipinski definition) is 12. The first-order valence-corrected chi connectivity index (χ1v) is 17.9. The van der Waals surface area contributed by atoms with E-state index in [0.717, 1.165) is 0 Å². The van der Waals surface area contributed by atoms with Gasteiger partial charge in [-0.2, -0.15) is 0 Å². The van der Waals surface area contributed by atoms with E-state index in [1.807, 2.05) is 0 Å². The monoisotopic (exact) mass is 756 g/mol. The molecule has 0 aliphatic heterocycles. The first-order valence-electron chi connectivity index (χ1n) is 17.9. The van der Waals surface area contributed by atoms with Crippen LogP contribution in [0, 0.1) is 5.41 Å². The molecular formula is C37H64N4O12. The van der Waals surface area contributed by atoms with Crippen LogP contribution in [0.15, 0.2) is 0 Å². The maximum absolute atomic E-state index is 12.9. The molecule has 0 saturated heterocycles. The van der Waals surface area contributed by atoms with E-state index in [1.54, 1.807) is 83.1 Å². The minimum Gasteiger partial charge on any atom is -0.460 e. The van der Waals surface area contributed by atoms with Crippen LogP contribution in [-0.4, -0.2) is 96.1 Å². The fourth-order valence-corrected chi connectivity index (χ4v) is 4.31. The Hall–Kier alpha value is -4.24. The Kier molecular flexibility index (Phi) is 19.7. The standard InChI is InChI=1S/C37H64N4O12/c1-33(2,3)50-29(46)17-13-25(42)38-21-37(22-39-26(43)14-18-30(47)51-34(4,5)6,23-40-27(44)15-19-31(48)52-35(7,8)9)24-41-28(45)16-20-32(49)53-36(10,11)12/h13-24H2,1-12H3,(H,38,42)(H,39,43)(H,40,44)(H,41,45). The Morgan fingerprint density at radius 1 is 0.321 bits per heavy atom. The maximum Gasteiger partial charge on any atom is 0.306 e. The van der Waals surface area contributed by atoms with Crippen LogP contribution < -0.4 is 21.3 Å². The molecule has 0 bridgehead atoms. The van der Waals surface area contributed by atoms with Gasteiger partial charge in [-0.25, -0.2) is 0 Å². The van der Waals surface area contributed by atoms with Crippen LogP contribution in [0.2, 0.25) is 0 Å². The average molecular weight is 757 g/mol. The van der Waals surface area contributed by atoms with E-state index in [-0.39, 0.29) is 77.5 Å². The molecule has 0 fully saturated rings. The molecule has 0 aliphatic carbocycles. The Morgan fingerprint density at radius 2 is 0.491 bits per heavy atom. The number of rotatable bonds is 20. The molecule has 0 atom stereocenters. The van der Waals surface area contributed by atoms with Crippen molar-refractivity contribution in [2.75, 3.05) is 26.2 Å². The molecule has 0 aromatic heterocycles. The lowest BCUT2D eigenvalue weighted by atomic mass is 9.86. The highest BCUT2D eigenvalue weighted by Crippen LogP contribution is 2.17. The van der Waals surface area contributed by atoms with Crippen molar-refractivity contribution in [2.24, 2.45) is 5.41 Å². The summed E-state index contributed by atoms with van der Waals surface area (Å²) in [7, 11) is 0. The summed E-state index contributed by atoms with van der Waals surface area (Å²) in [5, 5.41) is 10.9. The van der Waals surface area contributed by atoms with Crippen molar-refractivity contribution in [3.8, 4) is 0 Å². The third-order valence-electron chi connectivity index (χ3n) is 6.55. The van der Waals surface area contributed by atoms with Gasteiger partial charge in [0.1, 0.15) is 22.4 Å². The number of carbonyl (C=O) groups is 8. The van der Waals surface area contributed by atoms with Gasteiger partial charge in [0.05, 0.1) is 25.7 Å². The largest absolute Gasteiger partial charge is 0.460 e. The Balaban J connectivity index is 6.09. The van der Waals surface area contributed by atoms with E-state index in [4.69, 9.17) is 18.9 Å². The summed E-state index contributed by atoms with van der Waals surface area (Å²) in [6, 6.07) is 0. The predicted molar refractivity (Wildman–Crippen MR) is 195 cm³/mol. The van der Waals surface area contributed by atoms with Gasteiger partial charge in [0.2, 0.25) is 23.6 Å². The third kappa shape index (κ3) is 28.0. The smallest absolute Gasteiger partial charge is 0.306 e. The molecule has 0 aromatic rings. The second-order valence-electron chi connectivity index (χ2n) is 17.0. The zero-order valence-electron chi connectivity index (χ0n) is 33.9. The van der Waals surface area contributed by atoms with Gasteiger partial charge in [-0.05, 0) is 83.1 Å². The SMILES string of the molecule is CC(C)(C)OC(=O)CCC(=O)NCC(CNC(=O)CCC(=O)OC(C)(C)C)(CNC(=O)CCC(=O)OC(C)(C)C)CNC(=O)CCC(=O)OC(C)(C)C. The molecule has 304 valence electrons. The third-order valence-corrected chi connectivity index (χ3v) is 6.55. The summed E-state index contributed by atoms with van der Waals surface area (Å²) in [4.78, 5) is 101. The molecule has 0 saturated carbocycles. The highest BCUT2D eigenvalue weighted by atomic mass is 16.6. The van der Waals surface area contributed by atoms with Crippen molar-refractivity contribution >= 4 is 47.5 Å². The zero-order valence-corrected chi connectivity index (χ0v) is 33.9. The topological polar surface area (TPSA) is 222 Å². The second-order valence-corrected chi connectivity index (χ2v) is 17.0. The molecule has 53 heavy (non-hydrogen) atoms. The van der Waals surface area contributed by atoms with Crippen LogP contribution in [0.25, 0.3) is 0 Å². The van der Waals surface area contributed by atoms with Crippen molar-refractivity contribution < 1.29 is 57.3 Å². The lowest BCUT2D eigenvalue weighted by Crippen LogP contribution is -2.57. The van der Waals surface area contributed by atoms with Gasteiger partial charge in [-0.1, -0.05) is 0 Å². The number of hydrogen-bond donors (Lipinski definition) is 4. The molecule has 0 rings (SSSR count). The fraction of sp³-hybridized carbons (Fsp3) is 0.784. The molecule has 0 aromatic carbocycles. The van der Waals surface area contributed by atoms with E-state index in [9.17, 15) is 38.4 Å². The van der Waals surface area contributed by atoms with E-state index in [1.165, 1.54) is 0 Å². The summed E-state index contributed by atoms with van der Waals surface area (Å²) in [5.74, 6) is -4.46. The van der Waals surface area contributed by atoms with Crippen molar-refractivity contribution in [2.45, 2.75) is 157 Å². The van der Waals surface area contributed by atoms with Crippen LogP contribution >= 0.6 is 0 Å². The van der Waals surface area contributed by atoms with Crippen LogP contribution in [0.1, 0.15) is 134 Å². The molecule has 0 spiro atoms. The van der Waals surface area contributed by atoms with Gasteiger partial charge in [0, 0.05) is 57.3 Å². The van der Waals surface area contributed by atoms with Crippen LogP contribution in [0.3, 0.4) is 0 Å². The predicted octanol–water partition coefficient (Wildman–Crippen LogP) is 2.93. The summed E-state index contributed by atoms with van der Waals surface area (Å²) < 4.78 is 21.1. The quantitative estimate of drug-likeness (QED) is 0.104. The molecular weight excluding hydrogens is 692 g/mol. The number of ether oxygens (including phenoxy) is 4. The van der Waals surface area contributed by atoms with E-state index >= 15 is 0 Å². The normalized spacial score (nSPS) is 12.2. The van der Waals surface area contributed by atoms with Gasteiger partial charge in [-0.15, -0.1) is 0 Å². The van der Waals surface area contributed by atoms with Gasteiger partial charge in [-0.3, -0.25) is 38.4 Å². The Morgan fingerprint density at radius 3 is 0.642 bits per heavy atom. The van der Waals surface area contributed by atoms with Crippen LogP contribution in [-0.2, 0) is 57.3 Å². The van der Waals surface area contributed by atoms with Crippen molar-refractivity contribution in [3.05, 3.63) is 0 Å². The summed E-state index contributed by atoms with van der Waals surface area (Å²) in [6.45, 7) is 19.6. The van der Waals surface area contributed by atoms with Gasteiger partial charge in [0.25, 0.3) is 0 Å². The molecule has 16 heteroatoms. The summed E-state index contributed by atoms with van der Waals surface area (Å²) >= 11 is 0. The molecule has 0 radical (unpaired) electrons. The lowest BCUT2D eigenvalue weighted by molar-refractivity contribution is -0.156.